The molecule has 6 aliphatic rings. The lowest BCUT2D eigenvalue weighted by Crippen LogP contribution is -2.73. The zero-order valence-corrected chi connectivity index (χ0v) is 25.4. The van der Waals surface area contributed by atoms with Crippen LogP contribution in [0.4, 0.5) is 4.39 Å². The molecule has 0 spiro atoms. The van der Waals surface area contributed by atoms with E-state index in [1.54, 1.807) is 0 Å². The highest BCUT2D eigenvalue weighted by Gasteiger charge is 2.60. The molecule has 5 fully saturated rings. The minimum Gasteiger partial charge on any atom is -0.369 e. The highest BCUT2D eigenvalue weighted by molar-refractivity contribution is 6.20. The van der Waals surface area contributed by atoms with Crippen LogP contribution in [0.5, 0.6) is 0 Å². The molecule has 3 saturated heterocycles. The van der Waals surface area contributed by atoms with Crippen molar-refractivity contribution in [3.8, 4) is 0 Å². The predicted octanol–water partition coefficient (Wildman–Crippen LogP) is 2.87. The summed E-state index contributed by atoms with van der Waals surface area (Å²) >= 11 is 0. The van der Waals surface area contributed by atoms with Gasteiger partial charge in [-0.1, -0.05) is 26.7 Å². The van der Waals surface area contributed by atoms with Crippen LogP contribution in [0, 0.1) is 11.8 Å². The standard InChI is InChI=1S/C32H52FN5O3/c1-4-36(5-2)15-9-10-20(3)35-32(40)23-18-38-26-12-6-7-13-27(26)41-31-28(38)22(30(23)39)16-24(33)29(31)37-17-21-11-8-14-34-25(21)19-37/h18,20-22,24-29,31,34H,4-17,19H2,1-3H3,(H,35,40). The number of likely N-dealkylation sites (tertiary alicyclic amines) is 1. The second-order valence-corrected chi connectivity index (χ2v) is 13.6. The van der Waals surface area contributed by atoms with Crippen molar-refractivity contribution in [2.45, 2.75) is 127 Å². The Hall–Kier alpha value is -1.55. The Morgan fingerprint density at radius 2 is 1.98 bits per heavy atom. The van der Waals surface area contributed by atoms with Gasteiger partial charge in [-0.3, -0.25) is 14.5 Å². The molecule has 41 heavy (non-hydrogen) atoms. The number of halogens is 1. The van der Waals surface area contributed by atoms with E-state index in [9.17, 15) is 9.59 Å². The maximum Gasteiger partial charge on any atom is 0.256 e. The summed E-state index contributed by atoms with van der Waals surface area (Å²) in [7, 11) is 0. The quantitative estimate of drug-likeness (QED) is 0.411. The molecule has 2 aliphatic carbocycles. The topological polar surface area (TPSA) is 77.2 Å². The monoisotopic (exact) mass is 573 g/mol. The molecule has 0 aromatic carbocycles. The molecular formula is C32H52FN5O3. The largest absolute Gasteiger partial charge is 0.369 e. The summed E-state index contributed by atoms with van der Waals surface area (Å²) in [6, 6.07) is 0.0118. The number of amides is 1. The second kappa shape index (κ2) is 12.6. The van der Waals surface area contributed by atoms with E-state index >= 15 is 4.39 Å². The number of carbonyl (C=O) groups excluding carboxylic acids is 2. The van der Waals surface area contributed by atoms with E-state index in [0.717, 1.165) is 77.8 Å². The van der Waals surface area contributed by atoms with E-state index in [1.807, 2.05) is 13.1 Å². The molecule has 6 rings (SSSR count). The number of fused-ring (bicyclic) bond motifs is 3. The summed E-state index contributed by atoms with van der Waals surface area (Å²) < 4.78 is 23.1. The average Bonchev–Trinajstić information content (AvgIpc) is 3.40. The first-order chi connectivity index (χ1) is 19.9. The van der Waals surface area contributed by atoms with Crippen LogP contribution < -0.4 is 10.6 Å². The third-order valence-electron chi connectivity index (χ3n) is 11.2. The third kappa shape index (κ3) is 5.73. The molecule has 4 heterocycles. The molecule has 10 atom stereocenters. The van der Waals surface area contributed by atoms with Crippen molar-refractivity contribution in [1.29, 1.82) is 0 Å². The number of alkyl halides is 1. The predicted molar refractivity (Wildman–Crippen MR) is 157 cm³/mol. The maximum atomic E-state index is 16.3. The van der Waals surface area contributed by atoms with Gasteiger partial charge in [0.2, 0.25) is 0 Å². The average molecular weight is 574 g/mol. The van der Waals surface area contributed by atoms with E-state index in [-0.39, 0.29) is 60.1 Å². The normalized spacial score (nSPS) is 39.5. The summed E-state index contributed by atoms with van der Waals surface area (Å²) in [6.45, 7) is 12.2. The Balaban J connectivity index is 1.21. The summed E-state index contributed by atoms with van der Waals surface area (Å²) in [5.74, 6) is -0.472. The fourth-order valence-electron chi connectivity index (χ4n) is 9.02. The number of rotatable bonds is 9. The number of Topliss-reactive ketones (excluding diaryl/α,β-unsaturated/α-hetero) is 1. The SMILES string of the molecule is CCN(CC)CCCC(C)NC(=O)C1=CN2C3CCCCC3OC3C(N4CC5CCCNC5C4)C(F)CC(C1=O)C32. The van der Waals surface area contributed by atoms with Gasteiger partial charge in [0.15, 0.2) is 5.78 Å². The maximum absolute atomic E-state index is 16.3. The molecule has 2 saturated carbocycles. The van der Waals surface area contributed by atoms with Gasteiger partial charge in [-0.2, -0.15) is 0 Å². The number of piperidine rings is 1. The Labute approximate surface area is 245 Å². The third-order valence-corrected chi connectivity index (χ3v) is 11.2. The lowest BCUT2D eigenvalue weighted by molar-refractivity contribution is -0.210. The molecule has 8 nitrogen and oxygen atoms in total. The molecule has 9 heteroatoms. The first-order valence-corrected chi connectivity index (χ1v) is 16.7. The number of hydrogen-bond donors (Lipinski definition) is 2. The van der Waals surface area contributed by atoms with E-state index in [0.29, 0.717) is 12.0 Å². The Morgan fingerprint density at radius 1 is 1.17 bits per heavy atom. The van der Waals surface area contributed by atoms with E-state index in [4.69, 9.17) is 4.74 Å². The van der Waals surface area contributed by atoms with Crippen molar-refractivity contribution in [3.63, 3.8) is 0 Å². The van der Waals surface area contributed by atoms with Crippen LogP contribution in [-0.4, -0.2) is 114 Å². The van der Waals surface area contributed by atoms with Crippen LogP contribution in [-0.2, 0) is 14.3 Å². The highest BCUT2D eigenvalue weighted by Crippen LogP contribution is 2.47. The number of ether oxygens (including phenoxy) is 1. The number of nitrogens with zero attached hydrogens (tertiary/aromatic N) is 3. The number of carbonyl (C=O) groups is 2. The van der Waals surface area contributed by atoms with Gasteiger partial charge < -0.3 is 25.2 Å². The lowest BCUT2D eigenvalue weighted by atomic mass is 9.69. The van der Waals surface area contributed by atoms with Crippen molar-refractivity contribution in [2.24, 2.45) is 11.8 Å². The lowest BCUT2D eigenvalue weighted by Gasteiger charge is -2.60. The van der Waals surface area contributed by atoms with Gasteiger partial charge in [0, 0.05) is 37.3 Å². The molecular weight excluding hydrogens is 521 g/mol. The Kier molecular flexibility index (Phi) is 9.06. The number of hydrogen-bond acceptors (Lipinski definition) is 7. The first kappa shape index (κ1) is 29.5. The Bertz CT molecular complexity index is 976. The fourth-order valence-corrected chi connectivity index (χ4v) is 9.02. The van der Waals surface area contributed by atoms with Crippen LogP contribution >= 0.6 is 0 Å². The van der Waals surface area contributed by atoms with Gasteiger partial charge in [0.25, 0.3) is 5.91 Å². The zero-order chi connectivity index (χ0) is 28.7. The fraction of sp³-hybridized carbons (Fsp3) is 0.875. The smallest absolute Gasteiger partial charge is 0.256 e. The Morgan fingerprint density at radius 3 is 2.76 bits per heavy atom. The molecule has 1 amide bonds. The number of ketones is 1. The molecule has 4 aliphatic heterocycles. The molecule has 2 N–H and O–H groups in total. The molecule has 0 radical (unpaired) electrons. The van der Waals surface area contributed by atoms with E-state index in [1.165, 1.54) is 12.8 Å². The minimum absolute atomic E-state index is 0.0224. The van der Waals surface area contributed by atoms with Crippen molar-refractivity contribution >= 4 is 11.7 Å². The summed E-state index contributed by atoms with van der Waals surface area (Å²) in [6.07, 6.45) is 8.96. The van der Waals surface area contributed by atoms with Crippen molar-refractivity contribution in [2.75, 3.05) is 39.3 Å². The van der Waals surface area contributed by atoms with Gasteiger partial charge >= 0.3 is 0 Å². The van der Waals surface area contributed by atoms with Crippen LogP contribution in [0.15, 0.2) is 11.8 Å². The first-order valence-electron chi connectivity index (χ1n) is 16.7. The number of nitrogens with one attached hydrogen (secondary N) is 2. The summed E-state index contributed by atoms with van der Waals surface area (Å²) in [5, 5.41) is 6.77. The van der Waals surface area contributed by atoms with Crippen molar-refractivity contribution < 1.29 is 18.7 Å². The molecule has 0 bridgehead atoms. The van der Waals surface area contributed by atoms with Gasteiger partial charge in [-0.15, -0.1) is 0 Å². The van der Waals surface area contributed by atoms with Crippen LogP contribution in [0.1, 0.15) is 78.6 Å². The van der Waals surface area contributed by atoms with Gasteiger partial charge in [0.1, 0.15) is 6.17 Å². The molecule has 10 unspecified atom stereocenters. The molecule has 230 valence electrons. The van der Waals surface area contributed by atoms with Crippen molar-refractivity contribution in [1.82, 2.24) is 25.3 Å². The van der Waals surface area contributed by atoms with E-state index < -0.39 is 12.1 Å². The van der Waals surface area contributed by atoms with Crippen LogP contribution in [0.3, 0.4) is 0 Å². The van der Waals surface area contributed by atoms with Crippen LogP contribution in [0.2, 0.25) is 0 Å². The van der Waals surface area contributed by atoms with Crippen LogP contribution in [0.25, 0.3) is 0 Å². The van der Waals surface area contributed by atoms with Gasteiger partial charge in [-0.25, -0.2) is 4.39 Å². The molecule has 0 aromatic rings. The van der Waals surface area contributed by atoms with Crippen molar-refractivity contribution in [3.05, 3.63) is 11.8 Å². The zero-order valence-electron chi connectivity index (χ0n) is 25.4. The van der Waals surface area contributed by atoms with Gasteiger partial charge in [-0.05, 0) is 84.0 Å². The number of morpholine rings is 1. The highest BCUT2D eigenvalue weighted by atomic mass is 19.1. The van der Waals surface area contributed by atoms with Gasteiger partial charge in [0.05, 0.1) is 35.9 Å². The minimum atomic E-state index is -1.14. The summed E-state index contributed by atoms with van der Waals surface area (Å²) in [5.41, 5.74) is 0.217. The summed E-state index contributed by atoms with van der Waals surface area (Å²) in [4.78, 5) is 34.5. The second-order valence-electron chi connectivity index (χ2n) is 13.6. The molecule has 0 aromatic heterocycles. The van der Waals surface area contributed by atoms with E-state index in [2.05, 4.69) is 39.2 Å².